The minimum Gasteiger partial charge on any atom is -0.383 e. The van der Waals surface area contributed by atoms with Crippen LogP contribution in [-0.4, -0.2) is 26.9 Å². The summed E-state index contributed by atoms with van der Waals surface area (Å²) in [5, 5.41) is 21.1. The lowest BCUT2D eigenvalue weighted by Crippen LogP contribution is -2.26. The van der Waals surface area contributed by atoms with Crippen molar-refractivity contribution in [2.75, 3.05) is 11.4 Å². The first-order valence-corrected chi connectivity index (χ1v) is 10.3. The van der Waals surface area contributed by atoms with E-state index in [1.165, 1.54) is 0 Å². The first-order valence-electron chi connectivity index (χ1n) is 9.93. The highest BCUT2D eigenvalue weighted by Crippen LogP contribution is 2.45. The Morgan fingerprint density at radius 3 is 2.57 bits per heavy atom. The highest BCUT2D eigenvalue weighted by molar-refractivity contribution is 6.30. The van der Waals surface area contributed by atoms with Crippen molar-refractivity contribution in [2.24, 2.45) is 0 Å². The van der Waals surface area contributed by atoms with E-state index >= 15 is 0 Å². The molecule has 0 saturated heterocycles. The van der Waals surface area contributed by atoms with Gasteiger partial charge in [-0.25, -0.2) is 0 Å². The first-order chi connectivity index (χ1) is 14.3. The molecule has 0 amide bonds. The molecule has 154 valence electrons. The number of halogens is 1. The van der Waals surface area contributed by atoms with Crippen LogP contribution in [0.15, 0.2) is 60.1 Å². The van der Waals surface area contributed by atoms with Crippen molar-refractivity contribution >= 4 is 28.6 Å². The number of hydrogen-bond donors (Lipinski definition) is 2. The lowest BCUT2D eigenvalue weighted by molar-refractivity contribution is 0.829. The molecule has 0 spiro atoms. The Hall–Kier alpha value is -3.12. The van der Waals surface area contributed by atoms with Gasteiger partial charge >= 0.3 is 0 Å². The standard InChI is InChI=1S/C23H25ClN6/c1-6-26-21-15(4)30(19-11-13(2)23-28-27-16(5)29(23)12-19)22(20(21)14(3)25)17-7-9-18(24)10-8-17/h7-12,22,25-26H,4,6H2,1-3,5H3. The number of hydrogen-bond acceptors (Lipinski definition) is 5. The quantitative estimate of drug-likeness (QED) is 0.571. The van der Waals surface area contributed by atoms with E-state index in [-0.39, 0.29) is 6.04 Å². The smallest absolute Gasteiger partial charge is 0.163 e. The molecule has 2 N–H and O–H groups in total. The number of pyridine rings is 1. The van der Waals surface area contributed by atoms with Crippen LogP contribution < -0.4 is 10.2 Å². The van der Waals surface area contributed by atoms with E-state index in [2.05, 4.69) is 33.1 Å². The largest absolute Gasteiger partial charge is 0.383 e. The maximum Gasteiger partial charge on any atom is 0.163 e. The maximum absolute atomic E-state index is 8.53. The molecule has 0 radical (unpaired) electrons. The number of aromatic nitrogens is 3. The molecule has 1 atom stereocenters. The Kier molecular flexibility index (Phi) is 5.12. The molecule has 7 heteroatoms. The molecule has 1 unspecified atom stereocenters. The molecule has 0 bridgehead atoms. The van der Waals surface area contributed by atoms with Crippen molar-refractivity contribution in [3.8, 4) is 0 Å². The third-order valence-electron chi connectivity index (χ3n) is 5.45. The molecule has 0 fully saturated rings. The molecule has 30 heavy (non-hydrogen) atoms. The second kappa shape index (κ2) is 7.61. The van der Waals surface area contributed by atoms with E-state index in [0.29, 0.717) is 10.7 Å². The Morgan fingerprint density at radius 2 is 1.93 bits per heavy atom. The minimum absolute atomic E-state index is 0.185. The van der Waals surface area contributed by atoms with Gasteiger partial charge in [-0.2, -0.15) is 0 Å². The second-order valence-electron chi connectivity index (χ2n) is 7.54. The SMILES string of the molecule is C=C1C(NCC)=C(C(C)=N)C(c2ccc(Cl)cc2)N1c1cc(C)c2nnc(C)n2c1. The maximum atomic E-state index is 8.53. The molecule has 1 aromatic carbocycles. The summed E-state index contributed by atoms with van der Waals surface area (Å²) in [5.74, 6) is 0.825. The summed E-state index contributed by atoms with van der Waals surface area (Å²) in [7, 11) is 0. The molecule has 0 saturated carbocycles. The van der Waals surface area contributed by atoms with Gasteiger partial charge in [-0.1, -0.05) is 30.3 Å². The number of rotatable bonds is 5. The van der Waals surface area contributed by atoms with E-state index in [0.717, 1.165) is 51.8 Å². The third kappa shape index (κ3) is 3.17. The van der Waals surface area contributed by atoms with Crippen LogP contribution in [0.2, 0.25) is 5.02 Å². The van der Waals surface area contributed by atoms with E-state index < -0.39 is 0 Å². The average Bonchev–Trinajstić information content (AvgIpc) is 3.21. The van der Waals surface area contributed by atoms with Crippen LogP contribution in [-0.2, 0) is 0 Å². The summed E-state index contributed by atoms with van der Waals surface area (Å²) in [4.78, 5) is 2.18. The zero-order valence-corrected chi connectivity index (χ0v) is 18.4. The van der Waals surface area contributed by atoms with Crippen molar-refractivity contribution in [1.29, 1.82) is 5.41 Å². The normalized spacial score (nSPS) is 16.6. The van der Waals surface area contributed by atoms with Gasteiger partial charge in [0.05, 0.1) is 23.1 Å². The molecule has 2 aromatic heterocycles. The van der Waals surface area contributed by atoms with Gasteiger partial charge in [-0.05, 0) is 57.0 Å². The van der Waals surface area contributed by atoms with Crippen molar-refractivity contribution < 1.29 is 0 Å². The van der Waals surface area contributed by atoms with Crippen LogP contribution in [0.25, 0.3) is 5.65 Å². The molecule has 1 aliphatic heterocycles. The van der Waals surface area contributed by atoms with Gasteiger partial charge in [0.25, 0.3) is 0 Å². The van der Waals surface area contributed by atoms with Gasteiger partial charge < -0.3 is 15.6 Å². The highest BCUT2D eigenvalue weighted by atomic mass is 35.5. The number of benzene rings is 1. The van der Waals surface area contributed by atoms with Crippen LogP contribution in [0, 0.1) is 19.3 Å². The lowest BCUT2D eigenvalue weighted by Gasteiger charge is -2.30. The third-order valence-corrected chi connectivity index (χ3v) is 5.70. The highest BCUT2D eigenvalue weighted by Gasteiger charge is 2.38. The van der Waals surface area contributed by atoms with Gasteiger partial charge in [0.2, 0.25) is 0 Å². The fourth-order valence-corrected chi connectivity index (χ4v) is 4.24. The number of nitrogens with one attached hydrogen (secondary N) is 2. The van der Waals surface area contributed by atoms with Crippen LogP contribution in [0.3, 0.4) is 0 Å². The minimum atomic E-state index is -0.185. The summed E-state index contributed by atoms with van der Waals surface area (Å²) < 4.78 is 2.00. The van der Waals surface area contributed by atoms with Crippen LogP contribution >= 0.6 is 11.6 Å². The Labute approximate surface area is 181 Å². The van der Waals surface area contributed by atoms with E-state index in [9.17, 15) is 0 Å². The zero-order chi connectivity index (χ0) is 21.6. The molecule has 3 aromatic rings. The van der Waals surface area contributed by atoms with E-state index in [4.69, 9.17) is 17.0 Å². The van der Waals surface area contributed by atoms with E-state index in [1.54, 1.807) is 0 Å². The van der Waals surface area contributed by atoms with Crippen LogP contribution in [0.1, 0.15) is 36.8 Å². The zero-order valence-electron chi connectivity index (χ0n) is 17.6. The van der Waals surface area contributed by atoms with Crippen molar-refractivity contribution in [3.05, 3.63) is 82.0 Å². The molecule has 1 aliphatic rings. The number of aryl methyl sites for hydroxylation is 2. The summed E-state index contributed by atoms with van der Waals surface area (Å²) in [6.45, 7) is 13.0. The monoisotopic (exact) mass is 420 g/mol. The van der Waals surface area contributed by atoms with Crippen molar-refractivity contribution in [1.82, 2.24) is 19.9 Å². The van der Waals surface area contributed by atoms with Crippen LogP contribution in [0.5, 0.6) is 0 Å². The van der Waals surface area contributed by atoms with Crippen molar-refractivity contribution in [2.45, 2.75) is 33.7 Å². The average molecular weight is 421 g/mol. The molecule has 6 nitrogen and oxygen atoms in total. The first kappa shape index (κ1) is 20.2. The fraction of sp³-hybridized carbons (Fsp3) is 0.261. The number of nitrogens with zero attached hydrogens (tertiary/aromatic N) is 4. The van der Waals surface area contributed by atoms with Gasteiger partial charge in [-0.15, -0.1) is 10.2 Å². The van der Waals surface area contributed by atoms with Gasteiger partial charge in [-0.3, -0.25) is 4.40 Å². The fourth-order valence-electron chi connectivity index (χ4n) is 4.11. The number of anilines is 1. The second-order valence-corrected chi connectivity index (χ2v) is 7.97. The topological polar surface area (TPSA) is 69.3 Å². The molecule has 4 rings (SSSR count). The van der Waals surface area contributed by atoms with Gasteiger partial charge in [0, 0.05) is 29.0 Å². The molecular formula is C23H25ClN6. The lowest BCUT2D eigenvalue weighted by atomic mass is 9.95. The predicted molar refractivity (Wildman–Crippen MR) is 122 cm³/mol. The number of fused-ring (bicyclic) bond motifs is 1. The predicted octanol–water partition coefficient (Wildman–Crippen LogP) is 4.98. The number of likely N-dealkylation sites (N-methyl/N-ethyl adjacent to an activating group) is 1. The van der Waals surface area contributed by atoms with Crippen LogP contribution in [0.4, 0.5) is 5.69 Å². The van der Waals surface area contributed by atoms with Gasteiger partial charge in [0.15, 0.2) is 5.65 Å². The summed E-state index contributed by atoms with van der Waals surface area (Å²) >= 11 is 6.15. The van der Waals surface area contributed by atoms with E-state index in [1.807, 2.05) is 62.6 Å². The molecule has 0 aliphatic carbocycles. The summed E-state index contributed by atoms with van der Waals surface area (Å²) in [6.07, 6.45) is 2.04. The Morgan fingerprint density at radius 1 is 1.23 bits per heavy atom. The Bertz CT molecular complexity index is 1190. The summed E-state index contributed by atoms with van der Waals surface area (Å²) in [5.41, 5.74) is 7.06. The summed E-state index contributed by atoms with van der Waals surface area (Å²) in [6, 6.07) is 9.72. The van der Waals surface area contributed by atoms with Crippen molar-refractivity contribution in [3.63, 3.8) is 0 Å². The molecule has 3 heterocycles. The Balaban J connectivity index is 1.95. The van der Waals surface area contributed by atoms with Gasteiger partial charge in [0.1, 0.15) is 5.82 Å². The molecular weight excluding hydrogens is 396 g/mol.